The second-order valence-electron chi connectivity index (χ2n) is 9.07. The molecule has 0 radical (unpaired) electrons. The summed E-state index contributed by atoms with van der Waals surface area (Å²) >= 11 is 13.3. The van der Waals surface area contributed by atoms with Gasteiger partial charge in [0.2, 0.25) is 0 Å². The Labute approximate surface area is 197 Å². The molecule has 2 unspecified atom stereocenters. The summed E-state index contributed by atoms with van der Waals surface area (Å²) in [6.45, 7) is 14.3. The van der Waals surface area contributed by atoms with Crippen molar-refractivity contribution in [1.82, 2.24) is 0 Å². The Balaban J connectivity index is 2.30. The first-order chi connectivity index (χ1) is 13.9. The fourth-order valence-corrected chi connectivity index (χ4v) is 5.41. The maximum Gasteiger partial charge on any atom is 0.146 e. The highest BCUT2D eigenvalue weighted by atomic mass is 35.5. The summed E-state index contributed by atoms with van der Waals surface area (Å²) in [5.74, 6) is 1.56. The van der Waals surface area contributed by atoms with Crippen molar-refractivity contribution in [2.24, 2.45) is 5.92 Å². The summed E-state index contributed by atoms with van der Waals surface area (Å²) in [6, 6.07) is 0. The SMILES string of the molecule is CC(C1=C(Cl)CC=C1OC(C)(C)C(C)O[SiH3])C1=C(Cl)CC=C1OC(C)(C)C(C)O[SiH3]. The molecule has 0 fully saturated rings. The van der Waals surface area contributed by atoms with Crippen LogP contribution >= 0.6 is 23.2 Å². The van der Waals surface area contributed by atoms with Gasteiger partial charge >= 0.3 is 0 Å². The van der Waals surface area contributed by atoms with Gasteiger partial charge in [0.25, 0.3) is 0 Å². The number of rotatable bonds is 10. The van der Waals surface area contributed by atoms with Crippen LogP contribution in [0.25, 0.3) is 0 Å². The number of hydrogen-bond donors (Lipinski definition) is 0. The lowest BCUT2D eigenvalue weighted by atomic mass is 9.91. The van der Waals surface area contributed by atoms with Crippen molar-refractivity contribution in [3.63, 3.8) is 0 Å². The maximum atomic E-state index is 6.67. The van der Waals surface area contributed by atoms with Crippen LogP contribution in [0.15, 0.2) is 44.9 Å². The Morgan fingerprint density at radius 3 is 1.40 bits per heavy atom. The summed E-state index contributed by atoms with van der Waals surface area (Å²) in [7, 11) is 1.32. The van der Waals surface area contributed by atoms with Crippen molar-refractivity contribution in [1.29, 1.82) is 0 Å². The number of allylic oxidation sites excluding steroid dienone is 6. The molecule has 8 heteroatoms. The molecule has 0 saturated heterocycles. The fourth-order valence-electron chi connectivity index (χ4n) is 3.61. The van der Waals surface area contributed by atoms with Crippen molar-refractivity contribution < 1.29 is 18.3 Å². The van der Waals surface area contributed by atoms with Gasteiger partial charge in [0.05, 0.1) is 12.2 Å². The highest BCUT2D eigenvalue weighted by Crippen LogP contribution is 2.46. The lowest BCUT2D eigenvalue weighted by molar-refractivity contribution is -0.0462. The van der Waals surface area contributed by atoms with E-state index in [4.69, 9.17) is 41.5 Å². The molecule has 0 amide bonds. The van der Waals surface area contributed by atoms with E-state index in [1.807, 2.05) is 53.7 Å². The maximum absolute atomic E-state index is 6.67. The molecular weight excluding hydrogens is 455 g/mol. The topological polar surface area (TPSA) is 36.9 Å². The van der Waals surface area contributed by atoms with E-state index in [2.05, 4.69) is 6.92 Å². The zero-order valence-corrected chi connectivity index (χ0v) is 25.2. The monoisotopic (exact) mass is 490 g/mol. The Morgan fingerprint density at radius 2 is 1.10 bits per heavy atom. The van der Waals surface area contributed by atoms with Crippen LogP contribution < -0.4 is 0 Å². The van der Waals surface area contributed by atoms with E-state index >= 15 is 0 Å². The van der Waals surface area contributed by atoms with Gasteiger partial charge in [-0.3, -0.25) is 0 Å². The van der Waals surface area contributed by atoms with Crippen LogP contribution in [0.3, 0.4) is 0 Å². The molecule has 2 aliphatic rings. The average molecular weight is 492 g/mol. The Bertz CT molecular complexity index is 720. The number of hydrogen-bond acceptors (Lipinski definition) is 4. The van der Waals surface area contributed by atoms with E-state index in [-0.39, 0.29) is 18.1 Å². The van der Waals surface area contributed by atoms with Gasteiger partial charge in [0.1, 0.15) is 43.7 Å². The van der Waals surface area contributed by atoms with Crippen molar-refractivity contribution >= 4 is 44.2 Å². The predicted octanol–water partition coefficient (Wildman–Crippen LogP) is 4.14. The molecule has 0 spiro atoms. The zero-order chi connectivity index (χ0) is 22.9. The van der Waals surface area contributed by atoms with Gasteiger partial charge in [-0.15, -0.1) is 0 Å². The van der Waals surface area contributed by atoms with Crippen LogP contribution in [0.2, 0.25) is 0 Å². The van der Waals surface area contributed by atoms with Gasteiger partial charge in [0.15, 0.2) is 0 Å². The van der Waals surface area contributed by atoms with Crippen LogP contribution in [0.1, 0.15) is 61.3 Å². The second-order valence-corrected chi connectivity index (χ2v) is 10.9. The third-order valence-corrected chi connectivity index (χ3v) is 8.46. The largest absolute Gasteiger partial charge is 0.485 e. The van der Waals surface area contributed by atoms with Crippen LogP contribution in [0.5, 0.6) is 0 Å². The molecule has 30 heavy (non-hydrogen) atoms. The average Bonchev–Trinajstić information content (AvgIpc) is 3.21. The van der Waals surface area contributed by atoms with E-state index in [1.165, 1.54) is 0 Å². The standard InChI is InChI=1S/C22H36Cl2O4Si2/c1-12(19-15(23)8-10-17(19)25-21(4,5)13(2)27-29)20-16(24)9-11-18(20)26-22(6,7)14(3)28-30/h10-14H,8-9H2,1-7,29-30H3. The first-order valence-corrected chi connectivity index (χ1v) is 12.9. The smallest absolute Gasteiger partial charge is 0.146 e. The molecule has 0 bridgehead atoms. The van der Waals surface area contributed by atoms with Gasteiger partial charge in [0, 0.05) is 40.0 Å². The second kappa shape index (κ2) is 9.96. The van der Waals surface area contributed by atoms with Crippen LogP contribution in [-0.4, -0.2) is 44.4 Å². The lowest BCUT2D eigenvalue weighted by Gasteiger charge is -2.36. The molecular formula is C22H36Cl2O4Si2. The molecule has 0 aromatic rings. The quantitative estimate of drug-likeness (QED) is 0.431. The molecule has 0 N–H and O–H groups in total. The van der Waals surface area contributed by atoms with Crippen LogP contribution in [-0.2, 0) is 18.3 Å². The van der Waals surface area contributed by atoms with Crippen molar-refractivity contribution in [2.45, 2.75) is 84.7 Å². The van der Waals surface area contributed by atoms with Crippen LogP contribution in [0, 0.1) is 5.92 Å². The molecule has 2 atom stereocenters. The van der Waals surface area contributed by atoms with Gasteiger partial charge in [-0.05, 0) is 53.7 Å². The molecule has 2 aliphatic carbocycles. The summed E-state index contributed by atoms with van der Waals surface area (Å²) in [5.41, 5.74) is 1.01. The first-order valence-electron chi connectivity index (χ1n) is 10.5. The minimum atomic E-state index is -0.469. The van der Waals surface area contributed by atoms with Crippen molar-refractivity contribution in [3.8, 4) is 0 Å². The highest BCUT2D eigenvalue weighted by molar-refractivity contribution is 6.31. The molecule has 0 aromatic carbocycles. The van der Waals surface area contributed by atoms with E-state index < -0.39 is 11.2 Å². The van der Waals surface area contributed by atoms with E-state index in [0.29, 0.717) is 33.8 Å². The van der Waals surface area contributed by atoms with Gasteiger partial charge in [-0.25, -0.2) is 0 Å². The third-order valence-electron chi connectivity index (χ3n) is 6.33. The first kappa shape index (κ1) is 25.8. The minimum Gasteiger partial charge on any atom is -0.485 e. The molecule has 0 aliphatic heterocycles. The highest BCUT2D eigenvalue weighted by Gasteiger charge is 2.37. The zero-order valence-electron chi connectivity index (χ0n) is 19.7. The molecule has 2 rings (SSSR count). The summed E-state index contributed by atoms with van der Waals surface area (Å²) < 4.78 is 24.1. The fraction of sp³-hybridized carbons (Fsp3) is 0.636. The molecule has 170 valence electrons. The predicted molar refractivity (Wildman–Crippen MR) is 132 cm³/mol. The Hall–Kier alpha value is -0.506. The van der Waals surface area contributed by atoms with E-state index in [1.54, 1.807) is 0 Å². The van der Waals surface area contributed by atoms with E-state index in [0.717, 1.165) is 32.7 Å². The third kappa shape index (κ3) is 5.45. The lowest BCUT2D eigenvalue weighted by Crippen LogP contribution is -2.39. The number of halogens is 2. The van der Waals surface area contributed by atoms with Gasteiger partial charge in [-0.2, -0.15) is 0 Å². The molecule has 4 nitrogen and oxygen atoms in total. The van der Waals surface area contributed by atoms with Gasteiger partial charge < -0.3 is 18.3 Å². The summed E-state index contributed by atoms with van der Waals surface area (Å²) in [5, 5.41) is 1.57. The Kier molecular flexibility index (Phi) is 8.55. The normalized spacial score (nSPS) is 21.1. The summed E-state index contributed by atoms with van der Waals surface area (Å²) in [6.07, 6.45) is 5.37. The number of ether oxygens (including phenoxy) is 2. The van der Waals surface area contributed by atoms with Gasteiger partial charge in [-0.1, -0.05) is 30.1 Å². The molecule has 0 heterocycles. The molecule has 0 saturated carbocycles. The van der Waals surface area contributed by atoms with Crippen molar-refractivity contribution in [2.75, 3.05) is 0 Å². The Morgan fingerprint density at radius 1 is 0.767 bits per heavy atom. The van der Waals surface area contributed by atoms with Crippen LogP contribution in [0.4, 0.5) is 0 Å². The minimum absolute atomic E-state index is 0.0195. The summed E-state index contributed by atoms with van der Waals surface area (Å²) in [4.78, 5) is 0. The van der Waals surface area contributed by atoms with E-state index in [9.17, 15) is 0 Å². The molecule has 0 aromatic heterocycles. The van der Waals surface area contributed by atoms with Crippen molar-refractivity contribution in [3.05, 3.63) is 44.9 Å².